The second-order valence-electron chi connectivity index (χ2n) is 3.17. The van der Waals surface area contributed by atoms with Crippen LogP contribution in [0.25, 0.3) is 0 Å². The average Bonchev–Trinajstić information content (AvgIpc) is 2.18. The second-order valence-corrected chi connectivity index (χ2v) is 5.34. The van der Waals surface area contributed by atoms with Crippen molar-refractivity contribution < 1.29 is 13.2 Å². The Kier molecular flexibility index (Phi) is 4.28. The van der Waals surface area contributed by atoms with Crippen LogP contribution >= 0.6 is 11.6 Å². The lowest BCUT2D eigenvalue weighted by Gasteiger charge is -2.04. The minimum atomic E-state index is -3.60. The fourth-order valence-electron chi connectivity index (χ4n) is 0.992. The zero-order valence-electron chi connectivity index (χ0n) is 8.31. The van der Waals surface area contributed by atoms with Crippen LogP contribution in [0.1, 0.15) is 6.42 Å². The first-order chi connectivity index (χ1) is 7.37. The van der Waals surface area contributed by atoms with E-state index in [0.717, 1.165) is 0 Å². The lowest BCUT2D eigenvalue weighted by atomic mass is 10.3. The molecule has 0 spiro atoms. The molecule has 0 unspecified atom stereocenters. The molecule has 0 aliphatic heterocycles. The number of benzene rings is 1. The van der Waals surface area contributed by atoms with Crippen molar-refractivity contribution in [2.45, 2.75) is 6.42 Å². The van der Waals surface area contributed by atoms with Gasteiger partial charge >= 0.3 is 0 Å². The van der Waals surface area contributed by atoms with Gasteiger partial charge in [-0.3, -0.25) is 4.79 Å². The highest BCUT2D eigenvalue weighted by Crippen LogP contribution is 2.13. The lowest BCUT2D eigenvalue weighted by molar-refractivity contribution is -0.115. The van der Waals surface area contributed by atoms with Crippen molar-refractivity contribution in [1.82, 2.24) is 0 Å². The Hall–Kier alpha value is -1.11. The molecule has 1 amide bonds. The number of nitrogens with two attached hydrogens (primary N) is 1. The number of carbonyl (C=O) groups excluding carboxylic acids is 1. The smallest absolute Gasteiger partial charge is 0.225 e. The van der Waals surface area contributed by atoms with Crippen LogP contribution in [0, 0.1) is 0 Å². The molecule has 0 saturated heterocycles. The van der Waals surface area contributed by atoms with E-state index in [0.29, 0.717) is 10.7 Å². The molecule has 0 atom stereocenters. The normalized spacial score (nSPS) is 11.1. The summed E-state index contributed by atoms with van der Waals surface area (Å²) in [6.07, 6.45) is -0.165. The zero-order valence-corrected chi connectivity index (χ0v) is 9.88. The van der Waals surface area contributed by atoms with Crippen molar-refractivity contribution in [3.8, 4) is 0 Å². The number of sulfonamides is 1. The van der Waals surface area contributed by atoms with Crippen molar-refractivity contribution >= 4 is 33.2 Å². The number of rotatable bonds is 4. The van der Waals surface area contributed by atoms with Gasteiger partial charge in [0.25, 0.3) is 0 Å². The van der Waals surface area contributed by atoms with Gasteiger partial charge in [-0.05, 0) is 24.3 Å². The topological polar surface area (TPSA) is 89.3 Å². The number of primary sulfonamides is 1. The Morgan fingerprint density at radius 1 is 1.31 bits per heavy atom. The van der Waals surface area contributed by atoms with E-state index in [2.05, 4.69) is 5.32 Å². The zero-order chi connectivity index (χ0) is 12.2. The highest BCUT2D eigenvalue weighted by Gasteiger charge is 2.08. The summed E-state index contributed by atoms with van der Waals surface area (Å²) in [6.45, 7) is 0. The highest BCUT2D eigenvalue weighted by molar-refractivity contribution is 7.89. The molecular formula is C9H11ClN2O3S. The van der Waals surface area contributed by atoms with Gasteiger partial charge < -0.3 is 5.32 Å². The maximum absolute atomic E-state index is 11.3. The second kappa shape index (κ2) is 5.29. The number of anilines is 1. The first-order valence-corrected chi connectivity index (χ1v) is 6.52. The third-order valence-corrected chi connectivity index (χ3v) is 2.77. The molecule has 7 heteroatoms. The Labute approximate surface area is 98.6 Å². The third-order valence-electron chi connectivity index (χ3n) is 1.74. The Balaban J connectivity index is 2.49. The molecule has 1 rings (SSSR count). The van der Waals surface area contributed by atoms with Crippen molar-refractivity contribution in [2.75, 3.05) is 11.1 Å². The number of halogens is 1. The van der Waals surface area contributed by atoms with Crippen molar-refractivity contribution in [1.29, 1.82) is 0 Å². The van der Waals surface area contributed by atoms with Gasteiger partial charge in [0.15, 0.2) is 0 Å². The monoisotopic (exact) mass is 262 g/mol. The minimum Gasteiger partial charge on any atom is -0.326 e. The maximum Gasteiger partial charge on any atom is 0.225 e. The molecule has 3 N–H and O–H groups in total. The summed E-state index contributed by atoms with van der Waals surface area (Å²) in [4.78, 5) is 11.3. The molecule has 0 radical (unpaired) electrons. The van der Waals surface area contributed by atoms with Crippen LogP contribution < -0.4 is 10.5 Å². The van der Waals surface area contributed by atoms with Gasteiger partial charge in [0, 0.05) is 17.1 Å². The molecule has 16 heavy (non-hydrogen) atoms. The van der Waals surface area contributed by atoms with Gasteiger partial charge in [-0.25, -0.2) is 13.6 Å². The average molecular weight is 263 g/mol. The van der Waals surface area contributed by atoms with E-state index in [-0.39, 0.29) is 12.2 Å². The summed E-state index contributed by atoms with van der Waals surface area (Å²) in [6, 6.07) is 6.49. The SMILES string of the molecule is NS(=O)(=O)CCC(=O)Nc1ccc(Cl)cc1. The van der Waals surface area contributed by atoms with Crippen LogP contribution in [0.4, 0.5) is 5.69 Å². The van der Waals surface area contributed by atoms with Crippen LogP contribution in [-0.2, 0) is 14.8 Å². The predicted octanol–water partition coefficient (Wildman–Crippen LogP) is 0.957. The standard InChI is InChI=1S/C9H11ClN2O3S/c10-7-1-3-8(4-2-7)12-9(13)5-6-16(11,14)15/h1-4H,5-6H2,(H,12,13)(H2,11,14,15). The van der Waals surface area contributed by atoms with Crippen LogP contribution in [0.2, 0.25) is 5.02 Å². The highest BCUT2D eigenvalue weighted by atomic mass is 35.5. The van der Waals surface area contributed by atoms with E-state index in [9.17, 15) is 13.2 Å². The molecule has 0 aliphatic rings. The summed E-state index contributed by atoms with van der Waals surface area (Å²) in [5.41, 5.74) is 0.559. The molecule has 1 aromatic rings. The van der Waals surface area contributed by atoms with Crippen LogP contribution in [0.15, 0.2) is 24.3 Å². The molecule has 0 aromatic heterocycles. The molecule has 0 bridgehead atoms. The first kappa shape index (κ1) is 13.0. The van der Waals surface area contributed by atoms with E-state index in [1.54, 1.807) is 24.3 Å². The summed E-state index contributed by atoms with van der Waals surface area (Å²) in [7, 11) is -3.60. The van der Waals surface area contributed by atoms with Crippen molar-refractivity contribution in [2.24, 2.45) is 5.14 Å². The molecule has 0 heterocycles. The largest absolute Gasteiger partial charge is 0.326 e. The van der Waals surface area contributed by atoms with Crippen molar-refractivity contribution in [3.05, 3.63) is 29.3 Å². The van der Waals surface area contributed by atoms with E-state index < -0.39 is 15.9 Å². The van der Waals surface area contributed by atoms with Crippen LogP contribution in [0.5, 0.6) is 0 Å². The minimum absolute atomic E-state index is 0.165. The van der Waals surface area contributed by atoms with Gasteiger partial charge in [0.2, 0.25) is 15.9 Å². The molecule has 5 nitrogen and oxygen atoms in total. The van der Waals surface area contributed by atoms with Crippen molar-refractivity contribution in [3.63, 3.8) is 0 Å². The fourth-order valence-corrected chi connectivity index (χ4v) is 1.59. The number of carbonyl (C=O) groups is 1. The maximum atomic E-state index is 11.3. The van der Waals surface area contributed by atoms with Gasteiger partial charge in [-0.15, -0.1) is 0 Å². The Morgan fingerprint density at radius 2 is 1.88 bits per heavy atom. The molecular weight excluding hydrogens is 252 g/mol. The third kappa shape index (κ3) is 5.11. The molecule has 1 aromatic carbocycles. The fraction of sp³-hybridized carbons (Fsp3) is 0.222. The van der Waals surface area contributed by atoms with E-state index in [1.807, 2.05) is 0 Å². The first-order valence-electron chi connectivity index (χ1n) is 4.43. The summed E-state index contributed by atoms with van der Waals surface area (Å²) >= 11 is 5.66. The predicted molar refractivity (Wildman–Crippen MR) is 62.7 cm³/mol. The van der Waals surface area contributed by atoms with Gasteiger partial charge in [-0.1, -0.05) is 11.6 Å². The number of nitrogens with one attached hydrogen (secondary N) is 1. The lowest BCUT2D eigenvalue weighted by Crippen LogP contribution is -2.22. The Morgan fingerprint density at radius 3 is 2.38 bits per heavy atom. The van der Waals surface area contributed by atoms with Gasteiger partial charge in [-0.2, -0.15) is 0 Å². The summed E-state index contributed by atoms with van der Waals surface area (Å²) in [5.74, 6) is -0.775. The van der Waals surface area contributed by atoms with E-state index in [4.69, 9.17) is 16.7 Å². The molecule has 0 fully saturated rings. The number of hydrogen-bond acceptors (Lipinski definition) is 3. The van der Waals surface area contributed by atoms with E-state index >= 15 is 0 Å². The number of hydrogen-bond donors (Lipinski definition) is 2. The van der Waals surface area contributed by atoms with Gasteiger partial charge in [0.1, 0.15) is 0 Å². The quantitative estimate of drug-likeness (QED) is 0.847. The van der Waals surface area contributed by atoms with Crippen LogP contribution in [0.3, 0.4) is 0 Å². The Bertz CT molecular complexity index is 470. The molecule has 0 aliphatic carbocycles. The summed E-state index contributed by atoms with van der Waals surface area (Å²) < 4.78 is 21.2. The molecule has 0 saturated carbocycles. The van der Waals surface area contributed by atoms with E-state index in [1.165, 1.54) is 0 Å². The van der Waals surface area contributed by atoms with Crippen LogP contribution in [-0.4, -0.2) is 20.1 Å². The molecule has 88 valence electrons. The summed E-state index contributed by atoms with van der Waals surface area (Å²) in [5, 5.41) is 7.85. The van der Waals surface area contributed by atoms with Gasteiger partial charge in [0.05, 0.1) is 5.75 Å². The number of amides is 1.